The van der Waals surface area contributed by atoms with Gasteiger partial charge in [0.05, 0.1) is 25.4 Å². The molecule has 0 aromatic heterocycles. The summed E-state index contributed by atoms with van der Waals surface area (Å²) in [5, 5.41) is 18.2. The minimum atomic E-state index is -0.366. The van der Waals surface area contributed by atoms with Crippen molar-refractivity contribution in [1.29, 1.82) is 0 Å². The van der Waals surface area contributed by atoms with E-state index in [1.807, 2.05) is 0 Å². The van der Waals surface area contributed by atoms with Gasteiger partial charge < -0.3 is 19.7 Å². The van der Waals surface area contributed by atoms with Crippen LogP contribution in [0.4, 0.5) is 0 Å². The Labute approximate surface area is 110 Å². The van der Waals surface area contributed by atoms with Gasteiger partial charge in [-0.3, -0.25) is 0 Å². The smallest absolute Gasteiger partial charge is 0.0745 e. The maximum atomic E-state index is 9.10. The van der Waals surface area contributed by atoms with Gasteiger partial charge in [0.1, 0.15) is 0 Å². The molecule has 1 rings (SSSR count). The molecule has 0 aliphatic heterocycles. The lowest BCUT2D eigenvalue weighted by molar-refractivity contribution is 0.00273. The molecule has 0 bridgehead atoms. The van der Waals surface area contributed by atoms with Gasteiger partial charge in [-0.2, -0.15) is 0 Å². The molecule has 0 saturated heterocycles. The normalized spacial score (nSPS) is 28.0. The van der Waals surface area contributed by atoms with Crippen LogP contribution in [0.2, 0.25) is 0 Å². The summed E-state index contributed by atoms with van der Waals surface area (Å²) in [6, 6.07) is 0. The average molecular weight is 260 g/mol. The molecule has 1 aliphatic carbocycles. The van der Waals surface area contributed by atoms with E-state index >= 15 is 0 Å². The Balaban J connectivity index is 2.02. The number of aliphatic hydroxyl groups excluding tert-OH is 2. The van der Waals surface area contributed by atoms with Gasteiger partial charge in [-0.15, -0.1) is 0 Å². The molecule has 0 aromatic carbocycles. The summed E-state index contributed by atoms with van der Waals surface area (Å²) in [7, 11) is 0. The largest absolute Gasteiger partial charge is 0.391 e. The zero-order valence-corrected chi connectivity index (χ0v) is 11.7. The first-order chi connectivity index (χ1) is 8.58. The van der Waals surface area contributed by atoms with Gasteiger partial charge in [0.15, 0.2) is 0 Å². The Morgan fingerprint density at radius 1 is 0.833 bits per heavy atom. The summed E-state index contributed by atoms with van der Waals surface area (Å²) in [4.78, 5) is 0. The standard InChI is InChI=1S/C14H28O4/c1-11(15)7-17-9-13-3-5-14(6-4-13)10-18-8-12(2)16/h11-16H,3-10H2,1-2H3. The van der Waals surface area contributed by atoms with E-state index in [0.717, 1.165) is 13.2 Å². The molecule has 0 radical (unpaired) electrons. The molecule has 108 valence electrons. The predicted molar refractivity (Wildman–Crippen MR) is 70.4 cm³/mol. The third kappa shape index (κ3) is 7.31. The van der Waals surface area contributed by atoms with Crippen molar-refractivity contribution >= 4 is 0 Å². The van der Waals surface area contributed by atoms with E-state index in [9.17, 15) is 0 Å². The number of hydrogen-bond donors (Lipinski definition) is 2. The first-order valence-electron chi connectivity index (χ1n) is 7.09. The number of hydrogen-bond acceptors (Lipinski definition) is 4. The highest BCUT2D eigenvalue weighted by Gasteiger charge is 2.21. The minimum absolute atomic E-state index is 0.366. The number of rotatable bonds is 8. The lowest BCUT2D eigenvalue weighted by Crippen LogP contribution is -2.24. The van der Waals surface area contributed by atoms with E-state index in [1.165, 1.54) is 25.7 Å². The Morgan fingerprint density at radius 2 is 1.17 bits per heavy atom. The highest BCUT2D eigenvalue weighted by Crippen LogP contribution is 2.29. The van der Waals surface area contributed by atoms with Gasteiger partial charge in [-0.25, -0.2) is 0 Å². The summed E-state index contributed by atoms with van der Waals surface area (Å²) in [6.45, 7) is 5.92. The van der Waals surface area contributed by atoms with Crippen LogP contribution in [0.1, 0.15) is 39.5 Å². The van der Waals surface area contributed by atoms with E-state index in [0.29, 0.717) is 25.0 Å². The lowest BCUT2D eigenvalue weighted by Gasteiger charge is -2.28. The molecule has 0 amide bonds. The van der Waals surface area contributed by atoms with Gasteiger partial charge in [0.25, 0.3) is 0 Å². The van der Waals surface area contributed by atoms with Crippen LogP contribution < -0.4 is 0 Å². The molecular weight excluding hydrogens is 232 g/mol. The van der Waals surface area contributed by atoms with Crippen molar-refractivity contribution in [3.63, 3.8) is 0 Å². The molecular formula is C14H28O4. The Kier molecular flexibility index (Phi) is 7.82. The zero-order valence-electron chi connectivity index (χ0n) is 11.7. The van der Waals surface area contributed by atoms with Crippen LogP contribution in [0.3, 0.4) is 0 Å². The topological polar surface area (TPSA) is 58.9 Å². The summed E-state index contributed by atoms with van der Waals surface area (Å²) in [6.07, 6.45) is 4.00. The minimum Gasteiger partial charge on any atom is -0.391 e. The highest BCUT2D eigenvalue weighted by molar-refractivity contribution is 4.72. The van der Waals surface area contributed by atoms with Crippen molar-refractivity contribution in [2.45, 2.75) is 51.7 Å². The van der Waals surface area contributed by atoms with Crippen LogP contribution in [-0.2, 0) is 9.47 Å². The molecule has 18 heavy (non-hydrogen) atoms. The second-order valence-corrected chi connectivity index (χ2v) is 5.66. The lowest BCUT2D eigenvalue weighted by atomic mass is 9.83. The SMILES string of the molecule is CC(O)COCC1CCC(COCC(C)O)CC1. The van der Waals surface area contributed by atoms with Crippen molar-refractivity contribution in [2.75, 3.05) is 26.4 Å². The van der Waals surface area contributed by atoms with E-state index in [2.05, 4.69) is 0 Å². The molecule has 1 fully saturated rings. The van der Waals surface area contributed by atoms with Crippen LogP contribution in [-0.4, -0.2) is 48.8 Å². The summed E-state index contributed by atoms with van der Waals surface area (Å²) in [5.74, 6) is 1.27. The fourth-order valence-corrected chi connectivity index (χ4v) is 2.38. The molecule has 2 atom stereocenters. The molecule has 4 heteroatoms. The van der Waals surface area contributed by atoms with Crippen molar-refractivity contribution in [2.24, 2.45) is 11.8 Å². The summed E-state index contributed by atoms with van der Waals surface area (Å²) < 4.78 is 10.9. The van der Waals surface area contributed by atoms with E-state index in [-0.39, 0.29) is 12.2 Å². The quantitative estimate of drug-likeness (QED) is 0.696. The Morgan fingerprint density at radius 3 is 1.44 bits per heavy atom. The maximum absolute atomic E-state index is 9.10. The van der Waals surface area contributed by atoms with E-state index in [1.54, 1.807) is 13.8 Å². The second-order valence-electron chi connectivity index (χ2n) is 5.66. The summed E-state index contributed by atoms with van der Waals surface area (Å²) >= 11 is 0. The molecule has 2 unspecified atom stereocenters. The van der Waals surface area contributed by atoms with Gasteiger partial charge >= 0.3 is 0 Å². The zero-order chi connectivity index (χ0) is 13.4. The van der Waals surface area contributed by atoms with Gasteiger partial charge in [0, 0.05) is 13.2 Å². The molecule has 0 heterocycles. The van der Waals surface area contributed by atoms with Crippen LogP contribution in [0.15, 0.2) is 0 Å². The second kappa shape index (κ2) is 8.86. The van der Waals surface area contributed by atoms with Crippen molar-refractivity contribution < 1.29 is 19.7 Å². The van der Waals surface area contributed by atoms with E-state index < -0.39 is 0 Å². The van der Waals surface area contributed by atoms with Gasteiger partial charge in [0.2, 0.25) is 0 Å². The first kappa shape index (κ1) is 15.9. The fraction of sp³-hybridized carbons (Fsp3) is 1.00. The first-order valence-corrected chi connectivity index (χ1v) is 7.09. The van der Waals surface area contributed by atoms with Crippen molar-refractivity contribution in [3.05, 3.63) is 0 Å². The van der Waals surface area contributed by atoms with Crippen LogP contribution in [0, 0.1) is 11.8 Å². The van der Waals surface area contributed by atoms with Crippen LogP contribution in [0.25, 0.3) is 0 Å². The van der Waals surface area contributed by atoms with Gasteiger partial charge in [-0.05, 0) is 51.4 Å². The molecule has 4 nitrogen and oxygen atoms in total. The molecule has 0 aromatic rings. The fourth-order valence-electron chi connectivity index (χ4n) is 2.38. The molecule has 1 saturated carbocycles. The third-order valence-electron chi connectivity index (χ3n) is 3.39. The number of aliphatic hydroxyl groups is 2. The molecule has 1 aliphatic rings. The van der Waals surface area contributed by atoms with Crippen LogP contribution in [0.5, 0.6) is 0 Å². The molecule has 0 spiro atoms. The van der Waals surface area contributed by atoms with E-state index in [4.69, 9.17) is 19.7 Å². The van der Waals surface area contributed by atoms with Crippen molar-refractivity contribution in [3.8, 4) is 0 Å². The monoisotopic (exact) mass is 260 g/mol. The predicted octanol–water partition coefficient (Wildman–Crippen LogP) is 1.59. The van der Waals surface area contributed by atoms with Crippen LogP contribution >= 0.6 is 0 Å². The average Bonchev–Trinajstić information content (AvgIpc) is 2.30. The number of ether oxygens (including phenoxy) is 2. The molecule has 2 N–H and O–H groups in total. The van der Waals surface area contributed by atoms with Gasteiger partial charge in [-0.1, -0.05) is 0 Å². The third-order valence-corrected chi connectivity index (χ3v) is 3.39. The summed E-state index contributed by atoms with van der Waals surface area (Å²) in [5.41, 5.74) is 0. The maximum Gasteiger partial charge on any atom is 0.0745 e. The highest BCUT2D eigenvalue weighted by atomic mass is 16.5. The van der Waals surface area contributed by atoms with Crippen molar-refractivity contribution in [1.82, 2.24) is 0 Å². The Hall–Kier alpha value is -0.160. The Bertz CT molecular complexity index is 176.